The molecule has 92 valence electrons. The average molecular weight is 256 g/mol. The first-order valence-electron chi connectivity index (χ1n) is 5.04. The molecule has 2 aromatic heterocycles. The van der Waals surface area contributed by atoms with Crippen molar-refractivity contribution in [3.63, 3.8) is 0 Å². The van der Waals surface area contributed by atoms with Crippen LogP contribution in [-0.2, 0) is 6.54 Å². The van der Waals surface area contributed by atoms with Gasteiger partial charge in [0.15, 0.2) is 0 Å². The molecule has 0 amide bonds. The highest BCUT2D eigenvalue weighted by molar-refractivity contribution is 7.14. The van der Waals surface area contributed by atoms with E-state index in [4.69, 9.17) is 5.11 Å². The second kappa shape index (κ2) is 4.44. The van der Waals surface area contributed by atoms with E-state index in [0.29, 0.717) is 4.96 Å². The summed E-state index contributed by atoms with van der Waals surface area (Å²) in [6.07, 6.45) is 0.562. The van der Waals surface area contributed by atoms with Gasteiger partial charge in [0.1, 0.15) is 18.8 Å². The van der Waals surface area contributed by atoms with Crippen LogP contribution in [-0.4, -0.2) is 27.3 Å². The Balaban J connectivity index is 2.69. The maximum atomic E-state index is 11.9. The molecule has 0 spiro atoms. The smallest absolute Gasteiger partial charge is 0.348 e. The van der Waals surface area contributed by atoms with Crippen LogP contribution in [0, 0.1) is 6.92 Å². The van der Waals surface area contributed by atoms with Crippen LogP contribution >= 0.6 is 11.3 Å². The molecule has 1 atom stereocenters. The third kappa shape index (κ3) is 1.92. The molecule has 0 aliphatic rings. The Morgan fingerprint density at radius 1 is 1.65 bits per heavy atom. The van der Waals surface area contributed by atoms with Gasteiger partial charge in [-0.05, 0) is 6.92 Å². The van der Waals surface area contributed by atoms with Gasteiger partial charge in [-0.25, -0.2) is 9.36 Å². The Morgan fingerprint density at radius 3 is 3.00 bits per heavy atom. The first-order chi connectivity index (χ1) is 8.06. The van der Waals surface area contributed by atoms with Gasteiger partial charge in [0, 0.05) is 5.38 Å². The first kappa shape index (κ1) is 12.0. The zero-order chi connectivity index (χ0) is 12.6. The summed E-state index contributed by atoms with van der Waals surface area (Å²) in [6, 6.07) is 0. The molecule has 0 fully saturated rings. The summed E-state index contributed by atoms with van der Waals surface area (Å²) >= 11 is 1.24. The summed E-state index contributed by atoms with van der Waals surface area (Å²) < 4.78 is 2.67. The third-order valence-corrected chi connectivity index (χ3v) is 3.42. The minimum atomic E-state index is -1.02. The van der Waals surface area contributed by atoms with Crippen molar-refractivity contribution < 1.29 is 19.9 Å². The molecule has 2 heterocycles. The van der Waals surface area contributed by atoms with E-state index in [1.54, 1.807) is 11.6 Å². The molecule has 0 aromatic carbocycles. The summed E-state index contributed by atoms with van der Waals surface area (Å²) in [5, 5.41) is 31.8. The minimum absolute atomic E-state index is 0.0273. The number of thiazole rings is 1. The number of aromatic nitrogens is 2. The molecule has 2 N–H and O–H groups in total. The Hall–Kier alpha value is -1.44. The largest absolute Gasteiger partial charge is 0.842 e. The van der Waals surface area contributed by atoms with Gasteiger partial charge in [0.05, 0.1) is 18.1 Å². The maximum absolute atomic E-state index is 11.9. The van der Waals surface area contributed by atoms with Crippen LogP contribution in [0.1, 0.15) is 5.56 Å². The molecule has 0 aliphatic carbocycles. The molecule has 6 nitrogen and oxygen atoms in total. The highest BCUT2D eigenvalue weighted by atomic mass is 32.1. The lowest BCUT2D eigenvalue weighted by atomic mass is 10.3. The van der Waals surface area contributed by atoms with Gasteiger partial charge in [0.2, 0.25) is 0 Å². The van der Waals surface area contributed by atoms with Gasteiger partial charge in [-0.3, -0.25) is 0 Å². The average Bonchev–Trinajstić information content (AvgIpc) is 2.80. The summed E-state index contributed by atoms with van der Waals surface area (Å²) in [5.74, 6) is -0.426. The predicted molar refractivity (Wildman–Crippen MR) is 59.0 cm³/mol. The van der Waals surface area contributed by atoms with Crippen molar-refractivity contribution in [3.05, 3.63) is 27.5 Å². The number of nitrogens with zero attached hydrogens (tertiary/aromatic N) is 2. The van der Waals surface area contributed by atoms with Gasteiger partial charge in [-0.2, -0.15) is 4.40 Å². The topological polar surface area (TPSA) is 88.9 Å². The molecule has 0 radical (unpaired) electrons. The van der Waals surface area contributed by atoms with Crippen molar-refractivity contribution in [1.82, 2.24) is 4.40 Å². The van der Waals surface area contributed by atoms with E-state index in [0.717, 1.165) is 0 Å². The van der Waals surface area contributed by atoms with E-state index in [2.05, 4.69) is 0 Å². The summed E-state index contributed by atoms with van der Waals surface area (Å²) in [7, 11) is 0. The normalized spacial score (nSPS) is 13.1. The SMILES string of the molecule is Cc1c([O-])[n+](CC(O)CO)c2sccn2c1=O. The van der Waals surface area contributed by atoms with Gasteiger partial charge < -0.3 is 15.3 Å². The van der Waals surface area contributed by atoms with E-state index in [1.165, 1.54) is 27.2 Å². The quantitative estimate of drug-likeness (QED) is 0.646. The standard InChI is InChI=1S/C10H12N2O4S/c1-6-8(15)11-2-3-17-10(11)12(9(6)16)4-7(14)5-13/h2-3,7,13-14H,4-5H2,1H3. The third-order valence-electron chi connectivity index (χ3n) is 2.53. The van der Waals surface area contributed by atoms with E-state index < -0.39 is 18.6 Å². The molecule has 17 heavy (non-hydrogen) atoms. The number of fused-ring (bicyclic) bond motifs is 1. The van der Waals surface area contributed by atoms with Gasteiger partial charge in [-0.15, -0.1) is 0 Å². The second-order valence-corrected chi connectivity index (χ2v) is 4.61. The highest BCUT2D eigenvalue weighted by Crippen LogP contribution is 2.10. The van der Waals surface area contributed by atoms with Gasteiger partial charge in [0.25, 0.3) is 0 Å². The van der Waals surface area contributed by atoms with Crippen molar-refractivity contribution in [2.24, 2.45) is 0 Å². The molecule has 7 heteroatoms. The molecule has 2 rings (SSSR count). The van der Waals surface area contributed by atoms with Crippen molar-refractivity contribution in [3.8, 4) is 5.88 Å². The minimum Gasteiger partial charge on any atom is -0.842 e. The zero-order valence-electron chi connectivity index (χ0n) is 9.16. The fourth-order valence-electron chi connectivity index (χ4n) is 1.61. The van der Waals surface area contributed by atoms with Gasteiger partial charge in [-0.1, -0.05) is 11.3 Å². The highest BCUT2D eigenvalue weighted by Gasteiger charge is 2.19. The number of rotatable bonds is 3. The zero-order valence-corrected chi connectivity index (χ0v) is 9.98. The van der Waals surface area contributed by atoms with Crippen LogP contribution in [0.25, 0.3) is 4.96 Å². The molecule has 0 bridgehead atoms. The van der Waals surface area contributed by atoms with Crippen LogP contribution in [0.5, 0.6) is 5.88 Å². The molecule has 1 unspecified atom stereocenters. The number of aliphatic hydroxyl groups is 2. The molecule has 0 saturated heterocycles. The fraction of sp³-hybridized carbons (Fsp3) is 0.400. The molecular formula is C10H12N2O4S. The molecular weight excluding hydrogens is 244 g/mol. The van der Waals surface area contributed by atoms with E-state index in [1.807, 2.05) is 0 Å². The van der Waals surface area contributed by atoms with Crippen LogP contribution < -0.4 is 15.2 Å². The lowest BCUT2D eigenvalue weighted by Crippen LogP contribution is -2.47. The summed E-state index contributed by atoms with van der Waals surface area (Å²) in [5.41, 5.74) is -0.243. The van der Waals surface area contributed by atoms with E-state index >= 15 is 0 Å². The molecule has 0 aliphatic heterocycles. The lowest BCUT2D eigenvalue weighted by molar-refractivity contribution is -0.720. The first-order valence-corrected chi connectivity index (χ1v) is 5.92. The number of hydrogen-bond acceptors (Lipinski definition) is 5. The number of hydrogen-bond donors (Lipinski definition) is 2. The van der Waals surface area contributed by atoms with Crippen molar-refractivity contribution in [2.45, 2.75) is 19.6 Å². The summed E-state index contributed by atoms with van der Waals surface area (Å²) in [6.45, 7) is 0.999. The lowest BCUT2D eigenvalue weighted by Gasteiger charge is -2.15. The number of aliphatic hydroxyl groups excluding tert-OH is 2. The molecule has 0 saturated carbocycles. The van der Waals surface area contributed by atoms with Crippen molar-refractivity contribution in [1.29, 1.82) is 0 Å². The monoisotopic (exact) mass is 256 g/mol. The van der Waals surface area contributed by atoms with Crippen molar-refractivity contribution in [2.75, 3.05) is 6.61 Å². The maximum Gasteiger partial charge on any atom is 0.348 e. The van der Waals surface area contributed by atoms with Crippen LogP contribution in [0.2, 0.25) is 0 Å². The summed E-state index contributed by atoms with van der Waals surface area (Å²) in [4.78, 5) is 12.2. The Morgan fingerprint density at radius 2 is 2.35 bits per heavy atom. The van der Waals surface area contributed by atoms with E-state index in [9.17, 15) is 15.0 Å². The van der Waals surface area contributed by atoms with Crippen LogP contribution in [0.15, 0.2) is 16.4 Å². The Bertz CT molecular complexity index is 604. The van der Waals surface area contributed by atoms with E-state index in [-0.39, 0.29) is 17.7 Å². The van der Waals surface area contributed by atoms with Crippen LogP contribution in [0.4, 0.5) is 0 Å². The van der Waals surface area contributed by atoms with Crippen LogP contribution in [0.3, 0.4) is 0 Å². The van der Waals surface area contributed by atoms with Crippen molar-refractivity contribution >= 4 is 16.3 Å². The Labute approximate surface area is 101 Å². The van der Waals surface area contributed by atoms with Gasteiger partial charge >= 0.3 is 10.5 Å². The second-order valence-electron chi connectivity index (χ2n) is 3.74. The molecule has 2 aromatic rings. The fourth-order valence-corrected chi connectivity index (χ4v) is 2.46. The Kier molecular flexibility index (Phi) is 3.14. The predicted octanol–water partition coefficient (Wildman–Crippen LogP) is -1.62.